The van der Waals surface area contributed by atoms with Crippen LogP contribution < -0.4 is 5.32 Å². The number of alkyl halides is 3. The fourth-order valence-electron chi connectivity index (χ4n) is 2.05. The lowest BCUT2D eigenvalue weighted by atomic mass is 10.1. The van der Waals surface area contributed by atoms with Crippen molar-refractivity contribution in [3.8, 4) is 0 Å². The molecule has 0 aromatic heterocycles. The molecule has 0 saturated heterocycles. The van der Waals surface area contributed by atoms with E-state index in [1.807, 2.05) is 11.9 Å². The molecular formula is C13H16F3N3O2S. The quantitative estimate of drug-likeness (QED) is 0.909. The zero-order chi connectivity index (χ0) is 16.5. The van der Waals surface area contributed by atoms with Gasteiger partial charge in [0.2, 0.25) is 0 Å². The van der Waals surface area contributed by atoms with E-state index in [1.54, 1.807) is 0 Å². The van der Waals surface area contributed by atoms with Crippen molar-refractivity contribution in [3.63, 3.8) is 0 Å². The van der Waals surface area contributed by atoms with Gasteiger partial charge < -0.3 is 10.2 Å². The molecule has 0 bridgehead atoms. The van der Waals surface area contributed by atoms with E-state index in [2.05, 4.69) is 10.3 Å². The Bertz CT molecular complexity index is 699. The van der Waals surface area contributed by atoms with E-state index in [0.29, 0.717) is 18.6 Å². The number of guanidine groups is 1. The summed E-state index contributed by atoms with van der Waals surface area (Å²) in [5.41, 5.74) is -0.743. The van der Waals surface area contributed by atoms with Crippen LogP contribution >= 0.6 is 0 Å². The highest BCUT2D eigenvalue weighted by Crippen LogP contribution is 2.31. The van der Waals surface area contributed by atoms with Gasteiger partial charge in [-0.1, -0.05) is 0 Å². The number of aliphatic imine (C=N–C) groups is 1. The molecule has 2 rings (SSSR count). The Morgan fingerprint density at radius 3 is 2.50 bits per heavy atom. The second kappa shape index (κ2) is 5.79. The molecule has 0 aliphatic carbocycles. The van der Waals surface area contributed by atoms with Gasteiger partial charge in [0, 0.05) is 26.4 Å². The van der Waals surface area contributed by atoms with E-state index in [-0.39, 0.29) is 17.0 Å². The molecule has 1 aliphatic heterocycles. The highest BCUT2D eigenvalue weighted by molar-refractivity contribution is 7.90. The van der Waals surface area contributed by atoms with Crippen LogP contribution in [0.3, 0.4) is 0 Å². The van der Waals surface area contributed by atoms with Gasteiger partial charge in [0.25, 0.3) is 0 Å². The molecule has 1 aliphatic rings. The Morgan fingerprint density at radius 2 is 2.00 bits per heavy atom. The molecule has 0 unspecified atom stereocenters. The van der Waals surface area contributed by atoms with Crippen molar-refractivity contribution in [1.29, 1.82) is 0 Å². The number of hydrogen-bond acceptors (Lipinski definition) is 5. The first kappa shape index (κ1) is 16.6. The van der Waals surface area contributed by atoms with Crippen molar-refractivity contribution in [1.82, 2.24) is 10.2 Å². The highest BCUT2D eigenvalue weighted by atomic mass is 32.2. The Labute approximate surface area is 126 Å². The molecule has 1 N–H and O–H groups in total. The van der Waals surface area contributed by atoms with Crippen LogP contribution in [0.1, 0.15) is 11.1 Å². The fraction of sp³-hybridized carbons (Fsp3) is 0.462. The van der Waals surface area contributed by atoms with Gasteiger partial charge in [-0.25, -0.2) is 8.42 Å². The maximum absolute atomic E-state index is 12.9. The number of sulfone groups is 1. The van der Waals surface area contributed by atoms with Crippen molar-refractivity contribution in [2.75, 3.05) is 26.4 Å². The third-order valence-electron chi connectivity index (χ3n) is 3.23. The van der Waals surface area contributed by atoms with Gasteiger partial charge in [0.05, 0.1) is 17.0 Å². The molecule has 22 heavy (non-hydrogen) atoms. The number of rotatable bonds is 3. The van der Waals surface area contributed by atoms with Crippen LogP contribution in [0.5, 0.6) is 0 Å². The molecule has 1 heterocycles. The van der Waals surface area contributed by atoms with Crippen LogP contribution in [0.4, 0.5) is 13.2 Å². The SMILES string of the molecule is CN1CCN=C1NCc1cc(C(F)(F)F)cc(S(C)(=O)=O)c1. The number of likely N-dealkylation sites (N-methyl/N-ethyl adjacent to an activating group) is 1. The lowest BCUT2D eigenvalue weighted by molar-refractivity contribution is -0.137. The zero-order valence-corrected chi connectivity index (χ0v) is 12.9. The van der Waals surface area contributed by atoms with E-state index < -0.39 is 21.6 Å². The first-order valence-corrected chi connectivity index (χ1v) is 8.37. The summed E-state index contributed by atoms with van der Waals surface area (Å²) in [4.78, 5) is 5.66. The number of benzene rings is 1. The summed E-state index contributed by atoms with van der Waals surface area (Å²) < 4.78 is 61.8. The molecule has 0 spiro atoms. The first-order chi connectivity index (χ1) is 10.1. The lowest BCUT2D eigenvalue weighted by Gasteiger charge is -2.16. The molecule has 0 atom stereocenters. The molecule has 0 radical (unpaired) electrons. The normalized spacial score (nSPS) is 15.9. The summed E-state index contributed by atoms with van der Waals surface area (Å²) >= 11 is 0. The topological polar surface area (TPSA) is 61.8 Å². The summed E-state index contributed by atoms with van der Waals surface area (Å²) in [6, 6.07) is 2.84. The van der Waals surface area contributed by atoms with Gasteiger partial charge >= 0.3 is 6.18 Å². The molecule has 9 heteroatoms. The minimum absolute atomic E-state index is 0.0651. The van der Waals surface area contributed by atoms with Gasteiger partial charge in [-0.05, 0) is 23.8 Å². The van der Waals surface area contributed by atoms with Crippen molar-refractivity contribution < 1.29 is 21.6 Å². The van der Waals surface area contributed by atoms with Crippen molar-refractivity contribution in [3.05, 3.63) is 29.3 Å². The van der Waals surface area contributed by atoms with Gasteiger partial charge in [-0.15, -0.1) is 0 Å². The minimum Gasteiger partial charge on any atom is -0.352 e. The summed E-state index contributed by atoms with van der Waals surface area (Å²) in [6.07, 6.45) is -3.72. The second-order valence-electron chi connectivity index (χ2n) is 5.12. The maximum atomic E-state index is 12.9. The zero-order valence-electron chi connectivity index (χ0n) is 12.1. The van der Waals surface area contributed by atoms with E-state index >= 15 is 0 Å². The Hall–Kier alpha value is -1.77. The van der Waals surface area contributed by atoms with Crippen LogP contribution in [-0.4, -0.2) is 45.7 Å². The molecule has 0 fully saturated rings. The molecule has 0 amide bonds. The third-order valence-corrected chi connectivity index (χ3v) is 4.32. The van der Waals surface area contributed by atoms with Crippen LogP contribution in [0.25, 0.3) is 0 Å². The third kappa shape index (κ3) is 3.90. The van der Waals surface area contributed by atoms with E-state index in [1.165, 1.54) is 6.07 Å². The van der Waals surface area contributed by atoms with Gasteiger partial charge in [-0.3, -0.25) is 4.99 Å². The Balaban J connectivity index is 2.30. The first-order valence-electron chi connectivity index (χ1n) is 6.48. The molecule has 0 saturated carbocycles. The second-order valence-corrected chi connectivity index (χ2v) is 7.13. The average Bonchev–Trinajstić information content (AvgIpc) is 2.79. The Kier molecular flexibility index (Phi) is 4.37. The number of hydrogen-bond donors (Lipinski definition) is 1. The summed E-state index contributed by atoms with van der Waals surface area (Å²) in [7, 11) is -1.91. The smallest absolute Gasteiger partial charge is 0.352 e. The van der Waals surface area contributed by atoms with E-state index in [0.717, 1.165) is 18.9 Å². The predicted octanol–water partition coefficient (Wildman–Crippen LogP) is 1.50. The minimum atomic E-state index is -4.60. The van der Waals surface area contributed by atoms with Crippen LogP contribution in [0, 0.1) is 0 Å². The number of halogens is 3. The molecular weight excluding hydrogens is 319 g/mol. The van der Waals surface area contributed by atoms with E-state index in [9.17, 15) is 21.6 Å². The summed E-state index contributed by atoms with van der Waals surface area (Å²) in [5, 5.41) is 2.92. The summed E-state index contributed by atoms with van der Waals surface area (Å²) in [5.74, 6) is 0.582. The predicted molar refractivity (Wildman–Crippen MR) is 76.3 cm³/mol. The molecule has 122 valence electrons. The van der Waals surface area contributed by atoms with Crippen molar-refractivity contribution in [2.45, 2.75) is 17.6 Å². The average molecular weight is 335 g/mol. The van der Waals surface area contributed by atoms with Gasteiger partial charge in [0.1, 0.15) is 0 Å². The standard InChI is InChI=1S/C13H16F3N3O2S/c1-19-4-3-17-12(19)18-8-9-5-10(13(14,15)16)7-11(6-9)22(2,20)21/h5-7H,3-4,8H2,1-2H3,(H,17,18). The monoisotopic (exact) mass is 335 g/mol. The van der Waals surface area contributed by atoms with Crippen LogP contribution in [0.15, 0.2) is 28.1 Å². The maximum Gasteiger partial charge on any atom is 0.416 e. The fourth-order valence-corrected chi connectivity index (χ4v) is 2.75. The largest absolute Gasteiger partial charge is 0.416 e. The lowest BCUT2D eigenvalue weighted by Crippen LogP contribution is -2.35. The van der Waals surface area contributed by atoms with Crippen molar-refractivity contribution >= 4 is 15.8 Å². The van der Waals surface area contributed by atoms with Crippen LogP contribution in [0.2, 0.25) is 0 Å². The highest BCUT2D eigenvalue weighted by Gasteiger charge is 2.32. The van der Waals surface area contributed by atoms with Crippen molar-refractivity contribution in [2.24, 2.45) is 4.99 Å². The number of nitrogens with one attached hydrogen (secondary N) is 1. The molecule has 5 nitrogen and oxygen atoms in total. The summed E-state index contributed by atoms with van der Waals surface area (Å²) in [6.45, 7) is 1.42. The number of nitrogens with zero attached hydrogens (tertiary/aromatic N) is 2. The van der Waals surface area contributed by atoms with Gasteiger partial charge in [-0.2, -0.15) is 13.2 Å². The molecule has 1 aromatic rings. The van der Waals surface area contributed by atoms with Gasteiger partial charge in [0.15, 0.2) is 15.8 Å². The Morgan fingerprint density at radius 1 is 1.32 bits per heavy atom. The molecule has 1 aromatic carbocycles. The van der Waals surface area contributed by atoms with E-state index in [4.69, 9.17) is 0 Å². The van der Waals surface area contributed by atoms with Crippen LogP contribution in [-0.2, 0) is 22.6 Å².